The summed E-state index contributed by atoms with van der Waals surface area (Å²) in [5.74, 6) is 0.649. The molecule has 2 nitrogen and oxygen atoms in total. The summed E-state index contributed by atoms with van der Waals surface area (Å²) in [6.45, 7) is 4.52. The van der Waals surface area contributed by atoms with Crippen LogP contribution in [0.3, 0.4) is 0 Å². The molecule has 0 spiro atoms. The first-order valence-corrected chi connectivity index (χ1v) is 7.64. The van der Waals surface area contributed by atoms with E-state index in [0.717, 1.165) is 0 Å². The molecule has 2 rings (SSSR count). The first kappa shape index (κ1) is 14.4. The van der Waals surface area contributed by atoms with Crippen LogP contribution in [0, 0.1) is 0 Å². The summed E-state index contributed by atoms with van der Waals surface area (Å²) in [6.07, 6.45) is 6.56. The summed E-state index contributed by atoms with van der Waals surface area (Å²) in [7, 11) is 1.83. The van der Waals surface area contributed by atoms with E-state index >= 15 is 0 Å². The Balaban J connectivity index is 1.98. The molecule has 0 aliphatic heterocycles. The molecular formula is C17H27NO. The molecular weight excluding hydrogens is 234 g/mol. The predicted molar refractivity (Wildman–Crippen MR) is 81.8 cm³/mol. The van der Waals surface area contributed by atoms with E-state index in [1.807, 2.05) is 7.11 Å². The molecule has 1 aromatic carbocycles. The fraction of sp³-hybridized carbons (Fsp3) is 0.647. The van der Waals surface area contributed by atoms with Crippen molar-refractivity contribution < 1.29 is 4.74 Å². The summed E-state index contributed by atoms with van der Waals surface area (Å²) in [6, 6.07) is 9.39. The Hall–Kier alpha value is -1.02. The summed E-state index contributed by atoms with van der Waals surface area (Å²) in [4.78, 5) is 0. The molecule has 1 aliphatic carbocycles. The zero-order chi connectivity index (χ0) is 13.7. The smallest absolute Gasteiger partial charge is 0.0772 e. The maximum Gasteiger partial charge on any atom is 0.0772 e. The lowest BCUT2D eigenvalue weighted by Crippen LogP contribution is -2.37. The number of benzene rings is 1. The Morgan fingerprint density at radius 3 is 2.53 bits per heavy atom. The second-order valence-corrected chi connectivity index (χ2v) is 5.74. The summed E-state index contributed by atoms with van der Waals surface area (Å²) < 4.78 is 5.59. The quantitative estimate of drug-likeness (QED) is 0.838. The second kappa shape index (κ2) is 6.95. The molecule has 1 fully saturated rings. The average molecular weight is 261 g/mol. The second-order valence-electron chi connectivity index (χ2n) is 5.74. The van der Waals surface area contributed by atoms with E-state index in [2.05, 4.69) is 43.4 Å². The van der Waals surface area contributed by atoms with E-state index in [-0.39, 0.29) is 0 Å². The topological polar surface area (TPSA) is 21.3 Å². The van der Waals surface area contributed by atoms with Gasteiger partial charge in [-0.2, -0.15) is 0 Å². The van der Waals surface area contributed by atoms with Crippen LogP contribution in [0.15, 0.2) is 24.3 Å². The molecule has 0 saturated heterocycles. The minimum absolute atomic E-state index is 0.364. The largest absolute Gasteiger partial charge is 0.380 e. The fourth-order valence-corrected chi connectivity index (χ4v) is 2.90. The van der Waals surface area contributed by atoms with Gasteiger partial charge in [0, 0.05) is 12.8 Å². The van der Waals surface area contributed by atoms with Crippen LogP contribution in [-0.4, -0.2) is 19.3 Å². The van der Waals surface area contributed by atoms with Gasteiger partial charge >= 0.3 is 0 Å². The average Bonchev–Trinajstić information content (AvgIpc) is 2.48. The van der Waals surface area contributed by atoms with Gasteiger partial charge in [-0.25, -0.2) is 0 Å². The Labute approximate surface area is 117 Å². The molecule has 0 bridgehead atoms. The van der Waals surface area contributed by atoms with Crippen LogP contribution in [-0.2, 0) is 4.74 Å². The standard InChI is InChI=1S/C17H27NO/c1-4-13(2)14-9-11-15(12-10-14)18-16-7-5-6-8-17(16)19-3/h9-13,16-18H,4-8H2,1-3H3. The zero-order valence-corrected chi connectivity index (χ0v) is 12.5. The van der Waals surface area contributed by atoms with Crippen molar-refractivity contribution >= 4 is 5.69 Å². The Morgan fingerprint density at radius 2 is 1.89 bits per heavy atom. The number of hydrogen-bond acceptors (Lipinski definition) is 2. The highest BCUT2D eigenvalue weighted by atomic mass is 16.5. The van der Waals surface area contributed by atoms with Crippen molar-refractivity contribution in [1.29, 1.82) is 0 Å². The van der Waals surface area contributed by atoms with E-state index < -0.39 is 0 Å². The first-order valence-electron chi connectivity index (χ1n) is 7.64. The maximum atomic E-state index is 5.59. The third-order valence-electron chi connectivity index (χ3n) is 4.45. The first-order chi connectivity index (χ1) is 9.24. The molecule has 19 heavy (non-hydrogen) atoms. The Morgan fingerprint density at radius 1 is 1.21 bits per heavy atom. The van der Waals surface area contributed by atoms with Gasteiger partial charge in [0.05, 0.1) is 12.1 Å². The van der Waals surface area contributed by atoms with Crippen LogP contribution in [0.1, 0.15) is 57.4 Å². The van der Waals surface area contributed by atoms with Gasteiger partial charge in [0.15, 0.2) is 0 Å². The summed E-state index contributed by atoms with van der Waals surface area (Å²) in [5, 5.41) is 3.64. The molecule has 1 saturated carbocycles. The molecule has 0 aromatic heterocycles. The van der Waals surface area contributed by atoms with Crippen LogP contribution >= 0.6 is 0 Å². The number of hydrogen-bond donors (Lipinski definition) is 1. The monoisotopic (exact) mass is 261 g/mol. The molecule has 1 aliphatic rings. The molecule has 0 amide bonds. The van der Waals surface area contributed by atoms with Gasteiger partial charge in [0.25, 0.3) is 0 Å². The van der Waals surface area contributed by atoms with Crippen molar-refractivity contribution in [3.05, 3.63) is 29.8 Å². The van der Waals surface area contributed by atoms with E-state index in [9.17, 15) is 0 Å². The molecule has 0 heterocycles. The molecule has 2 heteroatoms. The minimum Gasteiger partial charge on any atom is -0.380 e. The minimum atomic E-state index is 0.364. The van der Waals surface area contributed by atoms with Gasteiger partial charge in [-0.05, 0) is 42.9 Å². The fourth-order valence-electron chi connectivity index (χ4n) is 2.90. The van der Waals surface area contributed by atoms with Crippen LogP contribution in [0.25, 0.3) is 0 Å². The van der Waals surface area contributed by atoms with E-state index in [4.69, 9.17) is 4.74 Å². The van der Waals surface area contributed by atoms with Gasteiger partial charge in [0.1, 0.15) is 0 Å². The molecule has 106 valence electrons. The SMILES string of the molecule is CCC(C)c1ccc(NC2CCCCC2OC)cc1. The van der Waals surface area contributed by atoms with Gasteiger partial charge in [-0.1, -0.05) is 38.8 Å². The Kier molecular flexibility index (Phi) is 5.26. The van der Waals surface area contributed by atoms with Crippen LogP contribution in [0.5, 0.6) is 0 Å². The number of rotatable bonds is 5. The van der Waals surface area contributed by atoms with E-state index in [1.165, 1.54) is 43.4 Å². The normalized spacial score (nSPS) is 25.0. The van der Waals surface area contributed by atoms with Crippen LogP contribution < -0.4 is 5.32 Å². The highest BCUT2D eigenvalue weighted by Gasteiger charge is 2.24. The van der Waals surface area contributed by atoms with Gasteiger partial charge < -0.3 is 10.1 Å². The molecule has 0 radical (unpaired) electrons. The van der Waals surface area contributed by atoms with Gasteiger partial charge in [-0.3, -0.25) is 0 Å². The third kappa shape index (κ3) is 3.73. The van der Waals surface area contributed by atoms with Gasteiger partial charge in [0.2, 0.25) is 0 Å². The lowest BCUT2D eigenvalue weighted by Gasteiger charge is -2.31. The lowest BCUT2D eigenvalue weighted by atomic mass is 9.92. The molecule has 3 atom stereocenters. The van der Waals surface area contributed by atoms with Crippen LogP contribution in [0.4, 0.5) is 5.69 Å². The van der Waals surface area contributed by atoms with E-state index in [1.54, 1.807) is 0 Å². The van der Waals surface area contributed by atoms with Gasteiger partial charge in [-0.15, -0.1) is 0 Å². The molecule has 3 unspecified atom stereocenters. The van der Waals surface area contributed by atoms with Crippen molar-refractivity contribution in [2.45, 2.75) is 64.0 Å². The predicted octanol–water partition coefficient (Wildman–Crippen LogP) is 4.57. The maximum absolute atomic E-state index is 5.59. The molecule has 1 N–H and O–H groups in total. The third-order valence-corrected chi connectivity index (χ3v) is 4.45. The number of anilines is 1. The number of methoxy groups -OCH3 is 1. The number of ether oxygens (including phenoxy) is 1. The Bertz CT molecular complexity index is 373. The van der Waals surface area contributed by atoms with Crippen molar-refractivity contribution in [1.82, 2.24) is 0 Å². The van der Waals surface area contributed by atoms with Crippen molar-refractivity contribution in [2.75, 3.05) is 12.4 Å². The van der Waals surface area contributed by atoms with E-state index in [0.29, 0.717) is 18.1 Å². The summed E-state index contributed by atoms with van der Waals surface area (Å²) in [5.41, 5.74) is 2.65. The van der Waals surface area contributed by atoms with Crippen molar-refractivity contribution in [3.8, 4) is 0 Å². The lowest BCUT2D eigenvalue weighted by molar-refractivity contribution is 0.0606. The highest BCUT2D eigenvalue weighted by Crippen LogP contribution is 2.25. The number of nitrogens with one attached hydrogen (secondary N) is 1. The summed E-state index contributed by atoms with van der Waals surface area (Å²) >= 11 is 0. The van der Waals surface area contributed by atoms with Crippen molar-refractivity contribution in [2.24, 2.45) is 0 Å². The zero-order valence-electron chi connectivity index (χ0n) is 12.5. The highest BCUT2D eigenvalue weighted by molar-refractivity contribution is 5.46. The van der Waals surface area contributed by atoms with Crippen molar-refractivity contribution in [3.63, 3.8) is 0 Å². The van der Waals surface area contributed by atoms with Crippen LogP contribution in [0.2, 0.25) is 0 Å². The molecule has 1 aromatic rings.